The number of methoxy groups -OCH3 is 1. The molecular weight excluding hydrogens is 340 g/mol. The third-order valence-corrected chi connectivity index (χ3v) is 5.03. The van der Waals surface area contributed by atoms with Gasteiger partial charge in [0, 0.05) is 6.42 Å². The Kier molecular flexibility index (Phi) is 17.1. The van der Waals surface area contributed by atoms with Crippen LogP contribution in [-0.2, 0) is 14.3 Å². The van der Waals surface area contributed by atoms with E-state index in [9.17, 15) is 9.90 Å². The van der Waals surface area contributed by atoms with Crippen LogP contribution >= 0.6 is 0 Å². The standard InChI is InChI=1S/C23H46O4/c1-5-6-7-8-9-10-11-12-13-14-15-16-17-18-19-23(25,22(24)26-4)27-20-21(2)3/h21,25H,5-20H2,1-4H3. The fourth-order valence-corrected chi connectivity index (χ4v) is 3.26. The van der Waals surface area contributed by atoms with Crippen LogP contribution in [0.25, 0.3) is 0 Å². The van der Waals surface area contributed by atoms with Crippen molar-refractivity contribution < 1.29 is 19.4 Å². The van der Waals surface area contributed by atoms with Crippen molar-refractivity contribution in [2.75, 3.05) is 13.7 Å². The molecule has 1 atom stereocenters. The lowest BCUT2D eigenvalue weighted by Gasteiger charge is -2.26. The minimum atomic E-state index is -1.78. The lowest BCUT2D eigenvalue weighted by atomic mass is 10.0. The normalized spacial score (nSPS) is 13.7. The van der Waals surface area contributed by atoms with Gasteiger partial charge in [0.1, 0.15) is 0 Å². The molecule has 0 rings (SSSR count). The fourth-order valence-electron chi connectivity index (χ4n) is 3.26. The number of rotatable bonds is 19. The molecule has 0 heterocycles. The smallest absolute Gasteiger partial charge is 0.366 e. The molecule has 0 saturated carbocycles. The Balaban J connectivity index is 3.61. The first-order valence-electron chi connectivity index (χ1n) is 11.4. The summed E-state index contributed by atoms with van der Waals surface area (Å²) < 4.78 is 10.1. The zero-order valence-electron chi connectivity index (χ0n) is 18.6. The van der Waals surface area contributed by atoms with Gasteiger partial charge in [-0.1, -0.05) is 104 Å². The van der Waals surface area contributed by atoms with Crippen LogP contribution in [0.5, 0.6) is 0 Å². The van der Waals surface area contributed by atoms with Crippen molar-refractivity contribution in [3.05, 3.63) is 0 Å². The van der Waals surface area contributed by atoms with E-state index in [0.29, 0.717) is 13.0 Å². The van der Waals surface area contributed by atoms with E-state index in [-0.39, 0.29) is 5.92 Å². The first-order chi connectivity index (χ1) is 13.0. The largest absolute Gasteiger partial charge is 0.465 e. The van der Waals surface area contributed by atoms with Gasteiger partial charge in [-0.2, -0.15) is 0 Å². The van der Waals surface area contributed by atoms with E-state index in [1.165, 1.54) is 77.7 Å². The molecule has 0 fully saturated rings. The molecular formula is C23H46O4. The van der Waals surface area contributed by atoms with Crippen molar-refractivity contribution in [3.8, 4) is 0 Å². The van der Waals surface area contributed by atoms with Crippen molar-refractivity contribution in [2.24, 2.45) is 5.92 Å². The third-order valence-electron chi connectivity index (χ3n) is 5.03. The Bertz CT molecular complexity index is 343. The average Bonchev–Trinajstić information content (AvgIpc) is 2.66. The summed E-state index contributed by atoms with van der Waals surface area (Å²) in [4.78, 5) is 11.8. The monoisotopic (exact) mass is 386 g/mol. The zero-order chi connectivity index (χ0) is 20.4. The van der Waals surface area contributed by atoms with Gasteiger partial charge >= 0.3 is 5.97 Å². The Labute approximate surface area is 168 Å². The van der Waals surface area contributed by atoms with Gasteiger partial charge in [0.25, 0.3) is 5.79 Å². The second-order valence-electron chi connectivity index (χ2n) is 8.33. The number of carbonyl (C=O) groups excluding carboxylic acids is 1. The molecule has 162 valence electrons. The molecule has 0 bridgehead atoms. The van der Waals surface area contributed by atoms with Crippen molar-refractivity contribution in [2.45, 2.75) is 123 Å². The maximum atomic E-state index is 11.8. The van der Waals surface area contributed by atoms with E-state index < -0.39 is 11.8 Å². The van der Waals surface area contributed by atoms with Gasteiger partial charge in [-0.05, 0) is 12.3 Å². The summed E-state index contributed by atoms with van der Waals surface area (Å²) in [5, 5.41) is 10.4. The molecule has 0 aliphatic carbocycles. The molecule has 0 aromatic rings. The molecule has 0 aromatic carbocycles. The predicted octanol–water partition coefficient (Wildman–Crippen LogP) is 6.39. The molecule has 0 aromatic heterocycles. The van der Waals surface area contributed by atoms with Crippen molar-refractivity contribution in [1.82, 2.24) is 0 Å². The lowest BCUT2D eigenvalue weighted by Crippen LogP contribution is -2.43. The Morgan fingerprint density at radius 3 is 1.59 bits per heavy atom. The highest BCUT2D eigenvalue weighted by Crippen LogP contribution is 2.21. The van der Waals surface area contributed by atoms with E-state index >= 15 is 0 Å². The van der Waals surface area contributed by atoms with Gasteiger partial charge in [-0.15, -0.1) is 0 Å². The molecule has 0 saturated heterocycles. The van der Waals surface area contributed by atoms with Crippen molar-refractivity contribution in [3.63, 3.8) is 0 Å². The van der Waals surface area contributed by atoms with E-state index in [2.05, 4.69) is 6.92 Å². The quantitative estimate of drug-likeness (QED) is 0.159. The lowest BCUT2D eigenvalue weighted by molar-refractivity contribution is -0.231. The molecule has 1 unspecified atom stereocenters. The summed E-state index contributed by atoms with van der Waals surface area (Å²) in [6, 6.07) is 0. The van der Waals surface area contributed by atoms with Gasteiger partial charge in [0.05, 0.1) is 13.7 Å². The van der Waals surface area contributed by atoms with E-state index in [4.69, 9.17) is 9.47 Å². The molecule has 0 spiro atoms. The molecule has 4 nitrogen and oxygen atoms in total. The van der Waals surface area contributed by atoms with E-state index in [1.54, 1.807) is 0 Å². The first kappa shape index (κ1) is 26.4. The minimum absolute atomic E-state index is 0.262. The summed E-state index contributed by atoms with van der Waals surface area (Å²) in [5.41, 5.74) is 0. The first-order valence-corrected chi connectivity index (χ1v) is 11.4. The summed E-state index contributed by atoms with van der Waals surface area (Å²) in [7, 11) is 1.29. The highest BCUT2D eigenvalue weighted by molar-refractivity contribution is 5.77. The van der Waals surface area contributed by atoms with Crippen LogP contribution in [-0.4, -0.2) is 30.6 Å². The maximum Gasteiger partial charge on any atom is 0.366 e. The second kappa shape index (κ2) is 17.5. The van der Waals surface area contributed by atoms with Gasteiger partial charge in [0.2, 0.25) is 0 Å². The fraction of sp³-hybridized carbons (Fsp3) is 0.957. The number of aliphatic hydroxyl groups is 1. The zero-order valence-corrected chi connectivity index (χ0v) is 18.6. The van der Waals surface area contributed by atoms with E-state index in [0.717, 1.165) is 19.3 Å². The van der Waals surface area contributed by atoms with Crippen molar-refractivity contribution >= 4 is 5.97 Å². The van der Waals surface area contributed by atoms with Gasteiger partial charge in [-0.25, -0.2) is 4.79 Å². The summed E-state index contributed by atoms with van der Waals surface area (Å²) in [6.07, 6.45) is 18.2. The van der Waals surface area contributed by atoms with Crippen LogP contribution < -0.4 is 0 Å². The third kappa shape index (κ3) is 15.0. The molecule has 4 heteroatoms. The SMILES string of the molecule is CCCCCCCCCCCCCCCCC(O)(OCC(C)C)C(=O)OC. The van der Waals surface area contributed by atoms with Crippen LogP contribution in [0.1, 0.15) is 117 Å². The average molecular weight is 387 g/mol. The minimum Gasteiger partial charge on any atom is -0.465 e. The highest BCUT2D eigenvalue weighted by atomic mass is 16.7. The van der Waals surface area contributed by atoms with E-state index in [1.807, 2.05) is 13.8 Å². The van der Waals surface area contributed by atoms with Gasteiger partial charge in [-0.3, -0.25) is 0 Å². The number of unbranched alkanes of at least 4 members (excludes halogenated alkanes) is 13. The summed E-state index contributed by atoms with van der Waals surface area (Å²) in [5.74, 6) is -2.20. The van der Waals surface area contributed by atoms with Crippen molar-refractivity contribution in [1.29, 1.82) is 0 Å². The number of hydrogen-bond acceptors (Lipinski definition) is 4. The second-order valence-corrected chi connectivity index (χ2v) is 8.33. The molecule has 0 aliphatic rings. The van der Waals surface area contributed by atoms with Gasteiger partial charge < -0.3 is 14.6 Å². The van der Waals surface area contributed by atoms with Gasteiger partial charge in [0.15, 0.2) is 0 Å². The maximum absolute atomic E-state index is 11.8. The number of ether oxygens (including phenoxy) is 2. The van der Waals surface area contributed by atoms with Crippen LogP contribution in [0.2, 0.25) is 0 Å². The van der Waals surface area contributed by atoms with Crippen LogP contribution in [0, 0.1) is 5.92 Å². The number of esters is 1. The topological polar surface area (TPSA) is 55.8 Å². The number of carbonyl (C=O) groups is 1. The molecule has 0 amide bonds. The number of hydrogen-bond donors (Lipinski definition) is 1. The summed E-state index contributed by atoms with van der Waals surface area (Å²) in [6.45, 7) is 6.60. The summed E-state index contributed by atoms with van der Waals surface area (Å²) >= 11 is 0. The Hall–Kier alpha value is -0.610. The van der Waals surface area contributed by atoms with Crippen LogP contribution in [0.15, 0.2) is 0 Å². The molecule has 1 N–H and O–H groups in total. The molecule has 0 radical (unpaired) electrons. The highest BCUT2D eigenvalue weighted by Gasteiger charge is 2.38. The van der Waals surface area contributed by atoms with Crippen LogP contribution in [0.3, 0.4) is 0 Å². The Morgan fingerprint density at radius 2 is 1.22 bits per heavy atom. The van der Waals surface area contributed by atoms with Crippen LogP contribution in [0.4, 0.5) is 0 Å². The molecule has 0 aliphatic heterocycles. The molecule has 27 heavy (non-hydrogen) atoms. The predicted molar refractivity (Wildman–Crippen MR) is 113 cm³/mol. The Morgan fingerprint density at radius 1 is 0.815 bits per heavy atom.